The molecule has 0 spiro atoms. The zero-order valence-corrected chi connectivity index (χ0v) is 12.8. The van der Waals surface area contributed by atoms with E-state index in [1.54, 1.807) is 6.07 Å². The van der Waals surface area contributed by atoms with Gasteiger partial charge in [0.15, 0.2) is 0 Å². The van der Waals surface area contributed by atoms with Crippen LogP contribution in [-0.4, -0.2) is 15.8 Å². The van der Waals surface area contributed by atoms with Gasteiger partial charge in [-0.1, -0.05) is 24.3 Å². The van der Waals surface area contributed by atoms with Crippen molar-refractivity contribution in [2.75, 3.05) is 0 Å². The third-order valence-electron chi connectivity index (χ3n) is 4.44. The number of H-pyrrole nitrogens is 1. The summed E-state index contributed by atoms with van der Waals surface area (Å²) in [6.07, 6.45) is 3.52. The first-order valence-electron chi connectivity index (χ1n) is 6.96. The maximum Gasteiger partial charge on any atom is 0.262 e. The van der Waals surface area contributed by atoms with E-state index >= 15 is 0 Å². The Hall–Kier alpha value is -1.88. The van der Waals surface area contributed by atoms with Crippen LogP contribution in [0.2, 0.25) is 0 Å². The summed E-state index contributed by atoms with van der Waals surface area (Å²) in [6, 6.07) is 10.2. The van der Waals surface area contributed by atoms with E-state index < -0.39 is 0 Å². The second-order valence-electron chi connectivity index (χ2n) is 5.52. The second-order valence-corrected chi connectivity index (χ2v) is 6.37. The molecule has 3 heterocycles. The predicted octanol–water partition coefficient (Wildman–Crippen LogP) is 3.17. The van der Waals surface area contributed by atoms with Crippen molar-refractivity contribution in [3.63, 3.8) is 0 Å². The highest BCUT2D eigenvalue weighted by Gasteiger charge is 2.46. The molecule has 2 aliphatic rings. The van der Waals surface area contributed by atoms with Crippen molar-refractivity contribution in [3.05, 3.63) is 68.0 Å². The van der Waals surface area contributed by atoms with Gasteiger partial charge in [-0.25, -0.2) is 0 Å². The van der Waals surface area contributed by atoms with E-state index in [1.165, 1.54) is 17.3 Å². The summed E-state index contributed by atoms with van der Waals surface area (Å²) in [5.41, 5.74) is 2.83. The highest BCUT2D eigenvalue weighted by molar-refractivity contribution is 9.10. The summed E-state index contributed by atoms with van der Waals surface area (Å²) in [5.74, 6) is -0.0179. The number of carbonyl (C=O) groups excluding carboxylic acids is 1. The molecule has 0 unspecified atom stereocenters. The number of fused-ring (bicyclic) bond motifs is 5. The monoisotopic (exact) mass is 344 g/mol. The minimum Gasteiger partial charge on any atom is -0.327 e. The van der Waals surface area contributed by atoms with Gasteiger partial charge in [0.2, 0.25) is 0 Å². The summed E-state index contributed by atoms with van der Waals surface area (Å²) in [6.45, 7) is 0. The molecule has 2 bridgehead atoms. The lowest BCUT2D eigenvalue weighted by atomic mass is 9.92. The van der Waals surface area contributed by atoms with Gasteiger partial charge in [0.1, 0.15) is 0 Å². The molecule has 0 radical (unpaired) electrons. The molecule has 1 amide bonds. The number of hydrogen-bond donors (Lipinski definition) is 1. The van der Waals surface area contributed by atoms with Crippen LogP contribution in [-0.2, 0) is 0 Å². The lowest BCUT2D eigenvalue weighted by Crippen LogP contribution is -2.28. The first kappa shape index (κ1) is 12.8. The Morgan fingerprint density at radius 2 is 1.81 bits per heavy atom. The Kier molecular flexibility index (Phi) is 2.79. The van der Waals surface area contributed by atoms with Crippen LogP contribution in [0.3, 0.4) is 0 Å². The highest BCUT2D eigenvalue weighted by atomic mass is 79.9. The Bertz CT molecular complexity index is 768. The van der Waals surface area contributed by atoms with Crippen LogP contribution in [0, 0.1) is 0 Å². The number of halogens is 1. The van der Waals surface area contributed by atoms with E-state index in [-0.39, 0.29) is 23.6 Å². The van der Waals surface area contributed by atoms with Crippen molar-refractivity contribution in [1.29, 1.82) is 0 Å². The summed E-state index contributed by atoms with van der Waals surface area (Å²) in [4.78, 5) is 28.8. The number of rotatable bonds is 1. The van der Waals surface area contributed by atoms with Crippen LogP contribution in [0.5, 0.6) is 0 Å². The van der Waals surface area contributed by atoms with Crippen LogP contribution in [0.15, 0.2) is 45.8 Å². The molecule has 5 heteroatoms. The van der Waals surface area contributed by atoms with Crippen LogP contribution in [0.25, 0.3) is 0 Å². The van der Waals surface area contributed by atoms with Crippen molar-refractivity contribution >= 4 is 21.8 Å². The third-order valence-corrected chi connectivity index (χ3v) is 5.03. The van der Waals surface area contributed by atoms with Gasteiger partial charge in [0.25, 0.3) is 11.5 Å². The predicted molar refractivity (Wildman–Crippen MR) is 82.1 cm³/mol. The van der Waals surface area contributed by atoms with E-state index in [2.05, 4.69) is 33.0 Å². The first-order valence-corrected chi connectivity index (χ1v) is 7.76. The molecule has 2 aliphatic heterocycles. The molecule has 106 valence electrons. The van der Waals surface area contributed by atoms with Gasteiger partial charge >= 0.3 is 0 Å². The quantitative estimate of drug-likeness (QED) is 0.863. The fourth-order valence-corrected chi connectivity index (χ4v) is 3.91. The van der Waals surface area contributed by atoms with Gasteiger partial charge in [-0.15, -0.1) is 0 Å². The van der Waals surface area contributed by atoms with Crippen LogP contribution in [0.4, 0.5) is 0 Å². The number of aromatic nitrogens is 1. The Balaban J connectivity index is 1.74. The lowest BCUT2D eigenvalue weighted by Gasteiger charge is -2.22. The van der Waals surface area contributed by atoms with Gasteiger partial charge < -0.3 is 9.88 Å². The molecule has 1 aromatic carbocycles. The Labute approximate surface area is 129 Å². The maximum atomic E-state index is 12.8. The van der Waals surface area contributed by atoms with Gasteiger partial charge in [-0.3, -0.25) is 9.59 Å². The molecule has 4 nitrogen and oxygen atoms in total. The Morgan fingerprint density at radius 1 is 1.19 bits per heavy atom. The zero-order chi connectivity index (χ0) is 14.6. The minimum atomic E-state index is -0.223. The zero-order valence-electron chi connectivity index (χ0n) is 11.2. The van der Waals surface area contributed by atoms with Crippen molar-refractivity contribution in [2.24, 2.45) is 0 Å². The molecule has 1 aromatic heterocycles. The summed E-state index contributed by atoms with van der Waals surface area (Å²) in [7, 11) is 0. The molecular weight excluding hydrogens is 332 g/mol. The van der Waals surface area contributed by atoms with Gasteiger partial charge in [-0.05, 0) is 46.0 Å². The number of nitrogens with one attached hydrogen (secondary N) is 1. The average molecular weight is 345 g/mol. The summed E-state index contributed by atoms with van der Waals surface area (Å²) in [5, 5.41) is 0. The van der Waals surface area contributed by atoms with Crippen molar-refractivity contribution in [1.82, 2.24) is 9.88 Å². The molecule has 1 fully saturated rings. The van der Waals surface area contributed by atoms with E-state index in [4.69, 9.17) is 0 Å². The fourth-order valence-electron chi connectivity index (χ4n) is 3.55. The normalized spacial score (nSPS) is 22.4. The molecule has 2 aromatic rings. The van der Waals surface area contributed by atoms with E-state index in [9.17, 15) is 9.59 Å². The van der Waals surface area contributed by atoms with Crippen LogP contribution in [0.1, 0.15) is 46.4 Å². The topological polar surface area (TPSA) is 53.2 Å². The minimum absolute atomic E-state index is 0.0179. The lowest BCUT2D eigenvalue weighted by molar-refractivity contribution is 0.0696. The number of nitrogens with zero attached hydrogens (tertiary/aromatic N) is 1. The van der Waals surface area contributed by atoms with Crippen molar-refractivity contribution < 1.29 is 4.79 Å². The Morgan fingerprint density at radius 3 is 2.38 bits per heavy atom. The van der Waals surface area contributed by atoms with Crippen molar-refractivity contribution in [2.45, 2.75) is 24.9 Å². The number of aromatic amines is 1. The standard InChI is InChI=1S/C16H13BrN2O2/c17-12-7-9(8-18-15(12)20)16(21)19-13-5-6-14(19)11-4-2-1-3-10(11)13/h1-4,7-8,13-14H,5-6H2,(H,18,20)/t13-,14-/m0/s1. The highest BCUT2D eigenvalue weighted by Crippen LogP contribution is 2.53. The van der Waals surface area contributed by atoms with Crippen LogP contribution < -0.4 is 5.56 Å². The first-order chi connectivity index (χ1) is 10.2. The maximum absolute atomic E-state index is 12.8. The fraction of sp³-hybridized carbons (Fsp3) is 0.250. The molecule has 2 atom stereocenters. The van der Waals surface area contributed by atoms with Gasteiger partial charge in [-0.2, -0.15) is 0 Å². The molecule has 0 saturated carbocycles. The number of carbonyl (C=O) groups is 1. The summed E-state index contributed by atoms with van der Waals surface area (Å²) >= 11 is 3.18. The van der Waals surface area contributed by atoms with E-state index in [0.717, 1.165) is 12.8 Å². The number of hydrogen-bond acceptors (Lipinski definition) is 2. The molecule has 4 rings (SSSR count). The average Bonchev–Trinajstić information content (AvgIpc) is 3.06. The van der Waals surface area contributed by atoms with Crippen LogP contribution >= 0.6 is 15.9 Å². The van der Waals surface area contributed by atoms with Crippen molar-refractivity contribution in [3.8, 4) is 0 Å². The smallest absolute Gasteiger partial charge is 0.262 e. The molecule has 0 aliphatic carbocycles. The number of amides is 1. The summed E-state index contributed by atoms with van der Waals surface area (Å²) < 4.78 is 0.386. The van der Waals surface area contributed by atoms with Gasteiger partial charge in [0, 0.05) is 6.20 Å². The largest absolute Gasteiger partial charge is 0.327 e. The van der Waals surface area contributed by atoms with E-state index in [0.29, 0.717) is 10.0 Å². The third kappa shape index (κ3) is 1.80. The van der Waals surface area contributed by atoms with E-state index in [1.807, 2.05) is 17.0 Å². The SMILES string of the molecule is O=C(c1c[nH]c(=O)c(Br)c1)N1[C@H]2CC[C@H]1c1ccccc12. The molecule has 21 heavy (non-hydrogen) atoms. The number of benzene rings is 1. The molecule has 1 saturated heterocycles. The molecule has 1 N–H and O–H groups in total. The molecular formula is C16H13BrN2O2. The number of pyridine rings is 1. The second kappa shape index (κ2) is 4.56. The van der Waals surface area contributed by atoms with Gasteiger partial charge in [0.05, 0.1) is 22.1 Å².